The molecule has 53 heavy (non-hydrogen) atoms. The van der Waals surface area contributed by atoms with Gasteiger partial charge in [-0.15, -0.1) is 30.0 Å². The second-order valence-electron chi connectivity index (χ2n) is 13.8. The van der Waals surface area contributed by atoms with Crippen molar-refractivity contribution in [1.29, 1.82) is 0 Å². The summed E-state index contributed by atoms with van der Waals surface area (Å²) in [7, 11) is 0. The maximum Gasteiger partial charge on any atom is 0.146 e. The van der Waals surface area contributed by atoms with E-state index in [-0.39, 0.29) is 11.5 Å². The number of phenols is 2. The molecule has 10 nitrogen and oxygen atoms in total. The molecule has 0 spiro atoms. The Bertz CT molecular complexity index is 1920. The number of hydrogen-bond donors (Lipinski definition) is 2. The molecule has 2 atom stereocenters. The number of unbranched alkanes of at least 4 members (excludes halogenated alkanes) is 3. The minimum atomic E-state index is 0.114. The van der Waals surface area contributed by atoms with Gasteiger partial charge in [-0.1, -0.05) is 96.9 Å². The molecule has 0 bridgehead atoms. The summed E-state index contributed by atoms with van der Waals surface area (Å²) in [5, 5.41) is 38.5. The Hall–Kier alpha value is -5.12. The van der Waals surface area contributed by atoms with Gasteiger partial charge in [-0.2, -0.15) is 0 Å². The van der Waals surface area contributed by atoms with Crippen LogP contribution in [-0.2, 0) is 0 Å². The van der Waals surface area contributed by atoms with Gasteiger partial charge in [-0.3, -0.25) is 0 Å². The van der Waals surface area contributed by atoms with E-state index < -0.39 is 0 Å². The Kier molecular flexibility index (Phi) is 14.9. The van der Waals surface area contributed by atoms with E-state index in [2.05, 4.69) is 48.1 Å². The summed E-state index contributed by atoms with van der Waals surface area (Å²) in [5.74, 6) is 2.74. The van der Waals surface area contributed by atoms with E-state index in [0.717, 1.165) is 22.1 Å². The molecular formula is C43H56N6O4. The van der Waals surface area contributed by atoms with Crippen LogP contribution in [-0.4, -0.2) is 53.4 Å². The normalized spacial score (nSPS) is 12.4. The zero-order chi connectivity index (χ0) is 37.4. The smallest absolute Gasteiger partial charge is 0.146 e. The van der Waals surface area contributed by atoms with Crippen molar-refractivity contribution >= 4 is 22.1 Å². The first-order chi connectivity index (χ1) is 25.9. The molecule has 2 N–H and O–H groups in total. The Morgan fingerprint density at radius 2 is 0.887 bits per heavy atom. The number of benzene rings is 4. The van der Waals surface area contributed by atoms with Crippen molar-refractivity contribution in [3.8, 4) is 34.4 Å². The number of nitrogens with zero attached hydrogens (tertiary/aromatic N) is 6. The zero-order valence-corrected chi connectivity index (χ0v) is 31.8. The van der Waals surface area contributed by atoms with Gasteiger partial charge in [-0.25, -0.2) is 0 Å². The van der Waals surface area contributed by atoms with Gasteiger partial charge < -0.3 is 19.7 Å². The summed E-state index contributed by atoms with van der Waals surface area (Å²) in [5.41, 5.74) is 4.28. The summed E-state index contributed by atoms with van der Waals surface area (Å²) in [6.45, 7) is 10.3. The van der Waals surface area contributed by atoms with Gasteiger partial charge in [0, 0.05) is 12.1 Å². The number of aromatic hydroxyl groups is 2. The van der Waals surface area contributed by atoms with E-state index >= 15 is 0 Å². The largest absolute Gasteiger partial charge is 0.505 e. The molecule has 10 heteroatoms. The summed E-state index contributed by atoms with van der Waals surface area (Å²) in [6, 6.07) is 25.9. The van der Waals surface area contributed by atoms with Crippen LogP contribution in [0.25, 0.3) is 33.4 Å². The van der Waals surface area contributed by atoms with E-state index in [1.165, 1.54) is 80.2 Å². The first-order valence-electron chi connectivity index (χ1n) is 19.5. The van der Waals surface area contributed by atoms with Crippen LogP contribution in [0, 0.1) is 11.8 Å². The molecule has 6 aromatic rings. The molecule has 0 radical (unpaired) electrons. The van der Waals surface area contributed by atoms with Crippen LogP contribution in [0.5, 0.6) is 23.0 Å². The first kappa shape index (κ1) is 39.1. The van der Waals surface area contributed by atoms with Crippen molar-refractivity contribution in [3.05, 3.63) is 84.9 Å². The summed E-state index contributed by atoms with van der Waals surface area (Å²) >= 11 is 0. The van der Waals surface area contributed by atoms with Crippen LogP contribution in [0.3, 0.4) is 0 Å². The fourth-order valence-electron chi connectivity index (χ4n) is 6.50. The van der Waals surface area contributed by atoms with E-state index in [1.807, 2.05) is 60.7 Å². The van der Waals surface area contributed by atoms with Gasteiger partial charge in [0.15, 0.2) is 0 Å². The second kappa shape index (κ2) is 20.2. The van der Waals surface area contributed by atoms with Crippen LogP contribution in [0.1, 0.15) is 98.3 Å². The predicted molar refractivity (Wildman–Crippen MR) is 213 cm³/mol. The van der Waals surface area contributed by atoms with Gasteiger partial charge in [0.05, 0.1) is 13.2 Å². The van der Waals surface area contributed by atoms with Crippen molar-refractivity contribution < 1.29 is 19.7 Å². The quantitative estimate of drug-likeness (QED) is 0.0793. The molecule has 0 amide bonds. The molecular weight excluding hydrogens is 665 g/mol. The van der Waals surface area contributed by atoms with Crippen molar-refractivity contribution in [2.75, 3.05) is 13.2 Å². The van der Waals surface area contributed by atoms with Crippen LogP contribution < -0.4 is 9.47 Å². The Morgan fingerprint density at radius 3 is 1.25 bits per heavy atom. The number of phenolic OH excluding ortho intramolecular Hbond substituents is 2. The van der Waals surface area contributed by atoms with Crippen LogP contribution in [0.15, 0.2) is 84.9 Å². The van der Waals surface area contributed by atoms with Crippen molar-refractivity contribution in [2.45, 2.75) is 98.3 Å². The highest BCUT2D eigenvalue weighted by molar-refractivity contribution is 5.74. The summed E-state index contributed by atoms with van der Waals surface area (Å²) < 4.78 is 11.9. The van der Waals surface area contributed by atoms with E-state index in [9.17, 15) is 10.2 Å². The highest BCUT2D eigenvalue weighted by atomic mass is 16.5. The van der Waals surface area contributed by atoms with Gasteiger partial charge in [-0.05, 0) is 86.1 Å². The molecule has 4 aromatic carbocycles. The van der Waals surface area contributed by atoms with Crippen molar-refractivity contribution in [1.82, 2.24) is 30.0 Å². The van der Waals surface area contributed by atoms with Gasteiger partial charge in [0.1, 0.15) is 56.4 Å². The van der Waals surface area contributed by atoms with Crippen LogP contribution >= 0.6 is 0 Å². The predicted octanol–water partition coefficient (Wildman–Crippen LogP) is 10.6. The second-order valence-corrected chi connectivity index (χ2v) is 13.8. The molecule has 282 valence electrons. The SMILES string of the molecule is CCCCC(CCC)COc1ccc(-n2nc3ccccc3n2)c(O)c1.CCCCCC(CCC)COc1ccc(-n2nc3ccccc3n2)c(O)c1. The molecule has 6 rings (SSSR count). The molecule has 0 saturated carbocycles. The molecule has 0 saturated heterocycles. The molecule has 0 aliphatic rings. The van der Waals surface area contributed by atoms with Crippen molar-refractivity contribution in [3.63, 3.8) is 0 Å². The number of rotatable bonds is 19. The summed E-state index contributed by atoms with van der Waals surface area (Å²) in [6.07, 6.45) is 13.3. The third-order valence-electron chi connectivity index (χ3n) is 9.45. The van der Waals surface area contributed by atoms with Gasteiger partial charge in [0.2, 0.25) is 0 Å². The molecule has 0 aliphatic heterocycles. The standard InChI is InChI=1S/C22H29N3O2.C21H27N3O2/c1-3-5-6-10-17(9-4-2)16-27-18-13-14-21(22(26)15-18)25-23-19-11-7-8-12-20(19)24-25;1-3-5-9-16(8-4-2)15-26-17-12-13-20(21(25)14-17)24-22-18-10-6-7-11-19(18)23-24/h7-8,11-15,17,26H,3-6,9-10,16H2,1-2H3;6-7,10-14,16,25H,3-5,8-9,15H2,1-2H3. The topological polar surface area (TPSA) is 120 Å². The minimum Gasteiger partial charge on any atom is -0.505 e. The highest BCUT2D eigenvalue weighted by Crippen LogP contribution is 2.29. The zero-order valence-electron chi connectivity index (χ0n) is 31.8. The number of hydrogen-bond acceptors (Lipinski definition) is 8. The van der Waals surface area contributed by atoms with Crippen LogP contribution in [0.4, 0.5) is 0 Å². The Morgan fingerprint density at radius 1 is 0.491 bits per heavy atom. The van der Waals surface area contributed by atoms with E-state index in [1.54, 1.807) is 24.3 Å². The maximum atomic E-state index is 10.4. The van der Waals surface area contributed by atoms with E-state index in [4.69, 9.17) is 9.47 Å². The fourth-order valence-corrected chi connectivity index (χ4v) is 6.50. The number of fused-ring (bicyclic) bond motifs is 2. The first-order valence-corrected chi connectivity index (χ1v) is 19.5. The third-order valence-corrected chi connectivity index (χ3v) is 9.45. The maximum absolute atomic E-state index is 10.4. The molecule has 2 aromatic heterocycles. The minimum absolute atomic E-state index is 0.114. The molecule has 0 fully saturated rings. The Balaban J connectivity index is 0.000000204. The fraction of sp³-hybridized carbons (Fsp3) is 0.442. The third kappa shape index (κ3) is 11.2. The number of aromatic nitrogens is 6. The molecule has 2 heterocycles. The lowest BCUT2D eigenvalue weighted by atomic mass is 9.97. The lowest BCUT2D eigenvalue weighted by Gasteiger charge is -2.17. The lowest BCUT2D eigenvalue weighted by Crippen LogP contribution is -2.12. The monoisotopic (exact) mass is 720 g/mol. The average Bonchev–Trinajstić information content (AvgIpc) is 3.80. The van der Waals surface area contributed by atoms with Crippen LogP contribution in [0.2, 0.25) is 0 Å². The van der Waals surface area contributed by atoms with Crippen molar-refractivity contribution in [2.24, 2.45) is 11.8 Å². The molecule has 0 aliphatic carbocycles. The summed E-state index contributed by atoms with van der Waals surface area (Å²) in [4.78, 5) is 2.93. The number of ether oxygens (including phenoxy) is 2. The average molecular weight is 721 g/mol. The lowest BCUT2D eigenvalue weighted by molar-refractivity contribution is 0.226. The molecule has 2 unspecified atom stereocenters. The van der Waals surface area contributed by atoms with E-state index in [0.29, 0.717) is 47.9 Å². The highest BCUT2D eigenvalue weighted by Gasteiger charge is 2.14. The Labute approximate surface area is 313 Å². The van der Waals surface area contributed by atoms with Gasteiger partial charge in [0.25, 0.3) is 0 Å². The van der Waals surface area contributed by atoms with Gasteiger partial charge >= 0.3 is 0 Å².